The molecule has 0 unspecified atom stereocenters. The van der Waals surface area contributed by atoms with E-state index in [-0.39, 0.29) is 5.91 Å². The molecule has 1 aliphatic rings. The van der Waals surface area contributed by atoms with Crippen LogP contribution >= 0.6 is 0 Å². The minimum Gasteiger partial charge on any atom is -0.383 e. The van der Waals surface area contributed by atoms with E-state index < -0.39 is 0 Å². The summed E-state index contributed by atoms with van der Waals surface area (Å²) in [5.74, 6) is 1.60. The predicted molar refractivity (Wildman–Crippen MR) is 127 cm³/mol. The van der Waals surface area contributed by atoms with Gasteiger partial charge in [0.2, 0.25) is 0 Å². The van der Waals surface area contributed by atoms with E-state index in [1.54, 1.807) is 6.07 Å². The van der Waals surface area contributed by atoms with Gasteiger partial charge in [0, 0.05) is 18.7 Å². The van der Waals surface area contributed by atoms with Crippen LogP contribution in [0.2, 0.25) is 0 Å². The Kier molecular flexibility index (Phi) is 5.58. The molecular formula is C26H27N5O. The van der Waals surface area contributed by atoms with Gasteiger partial charge in [-0.3, -0.25) is 4.79 Å². The number of nitrogens with two attached hydrogens (primary N) is 1. The smallest absolute Gasteiger partial charge is 0.270 e. The maximum absolute atomic E-state index is 13.1. The third-order valence-electron chi connectivity index (χ3n) is 6.37. The first-order chi connectivity index (χ1) is 15.7. The van der Waals surface area contributed by atoms with Crippen molar-refractivity contribution in [2.45, 2.75) is 25.7 Å². The zero-order valence-corrected chi connectivity index (χ0v) is 18.0. The molecule has 4 aromatic rings. The second kappa shape index (κ2) is 8.83. The molecule has 5 rings (SSSR count). The number of carbonyl (C=O) groups is 1. The molecule has 0 atom stereocenters. The maximum Gasteiger partial charge on any atom is 0.270 e. The number of hydrogen-bond acceptors (Lipinski definition) is 4. The lowest BCUT2D eigenvalue weighted by Gasteiger charge is -2.31. The molecule has 3 heterocycles. The van der Waals surface area contributed by atoms with Crippen LogP contribution in [0.25, 0.3) is 22.4 Å². The number of nitrogen functional groups attached to an aromatic ring is 1. The fourth-order valence-electron chi connectivity index (χ4n) is 4.47. The van der Waals surface area contributed by atoms with Crippen molar-refractivity contribution in [3.63, 3.8) is 0 Å². The van der Waals surface area contributed by atoms with Crippen molar-refractivity contribution >= 4 is 22.8 Å². The zero-order valence-electron chi connectivity index (χ0n) is 18.0. The van der Waals surface area contributed by atoms with Crippen LogP contribution in [-0.2, 0) is 6.42 Å². The van der Waals surface area contributed by atoms with Crippen LogP contribution in [0.5, 0.6) is 0 Å². The number of anilines is 1. The highest BCUT2D eigenvalue weighted by molar-refractivity contribution is 6.00. The third-order valence-corrected chi connectivity index (χ3v) is 6.37. The Bertz CT molecular complexity index is 1210. The van der Waals surface area contributed by atoms with Crippen LogP contribution in [-0.4, -0.2) is 38.8 Å². The summed E-state index contributed by atoms with van der Waals surface area (Å²) in [6.07, 6.45) is 4.35. The number of benzene rings is 2. The maximum atomic E-state index is 13.1. The van der Waals surface area contributed by atoms with Crippen LogP contribution in [0, 0.1) is 5.92 Å². The molecule has 2 aromatic heterocycles. The molecular weight excluding hydrogens is 398 g/mol. The lowest BCUT2D eigenvalue weighted by atomic mass is 9.90. The summed E-state index contributed by atoms with van der Waals surface area (Å²) in [6.45, 7) is 1.56. The number of rotatable bonds is 5. The summed E-state index contributed by atoms with van der Waals surface area (Å²) in [7, 11) is 0. The van der Waals surface area contributed by atoms with Crippen molar-refractivity contribution < 1.29 is 4.79 Å². The lowest BCUT2D eigenvalue weighted by molar-refractivity contribution is 0.0682. The molecule has 6 nitrogen and oxygen atoms in total. The summed E-state index contributed by atoms with van der Waals surface area (Å²) < 4.78 is 0. The first kappa shape index (κ1) is 20.2. The molecule has 0 spiro atoms. The molecule has 32 heavy (non-hydrogen) atoms. The van der Waals surface area contributed by atoms with E-state index in [2.05, 4.69) is 45.3 Å². The highest BCUT2D eigenvalue weighted by Crippen LogP contribution is 2.26. The Morgan fingerprint density at radius 3 is 2.41 bits per heavy atom. The molecule has 1 amide bonds. The van der Waals surface area contributed by atoms with Crippen LogP contribution in [0.3, 0.4) is 0 Å². The van der Waals surface area contributed by atoms with Crippen molar-refractivity contribution in [2.75, 3.05) is 18.8 Å². The summed E-state index contributed by atoms with van der Waals surface area (Å²) in [5.41, 5.74) is 9.58. The number of aromatic nitrogens is 3. The van der Waals surface area contributed by atoms with E-state index in [1.165, 1.54) is 12.0 Å². The Labute approximate surface area is 187 Å². The van der Waals surface area contributed by atoms with E-state index >= 15 is 0 Å². The quantitative estimate of drug-likeness (QED) is 0.485. The van der Waals surface area contributed by atoms with Gasteiger partial charge < -0.3 is 15.6 Å². The summed E-state index contributed by atoms with van der Waals surface area (Å²) >= 11 is 0. The molecule has 3 N–H and O–H groups in total. The molecule has 1 aliphatic heterocycles. The Balaban J connectivity index is 1.25. The van der Waals surface area contributed by atoms with E-state index in [0.717, 1.165) is 37.9 Å². The van der Waals surface area contributed by atoms with Crippen LogP contribution < -0.4 is 5.73 Å². The number of aryl methyl sites for hydroxylation is 1. The standard InChI is InChI=1S/C26H27N5O/c27-23-21-17-22(28-25(21)30-24(29-23)20-9-5-2-6-10-20)26(32)31-15-13-19(14-16-31)12-11-18-7-3-1-4-8-18/h1-10,17,19H,11-16H2,(H3,27,28,29,30). The van der Waals surface area contributed by atoms with Gasteiger partial charge in [-0.2, -0.15) is 0 Å². The van der Waals surface area contributed by atoms with Crippen LogP contribution in [0.4, 0.5) is 5.82 Å². The van der Waals surface area contributed by atoms with Crippen LogP contribution in [0.15, 0.2) is 66.7 Å². The molecule has 0 saturated carbocycles. The molecule has 162 valence electrons. The van der Waals surface area contributed by atoms with Gasteiger partial charge in [0.05, 0.1) is 5.39 Å². The molecule has 2 aromatic carbocycles. The molecule has 1 saturated heterocycles. The van der Waals surface area contributed by atoms with Crippen molar-refractivity contribution in [2.24, 2.45) is 5.92 Å². The number of fused-ring (bicyclic) bond motifs is 1. The minimum atomic E-state index is 0.00479. The number of nitrogens with one attached hydrogen (secondary N) is 1. The van der Waals surface area contributed by atoms with Crippen molar-refractivity contribution in [1.82, 2.24) is 19.9 Å². The van der Waals surface area contributed by atoms with Gasteiger partial charge in [-0.25, -0.2) is 9.97 Å². The number of piperidine rings is 1. The van der Waals surface area contributed by atoms with Gasteiger partial charge in [0.25, 0.3) is 5.91 Å². The second-order valence-electron chi connectivity index (χ2n) is 8.50. The third kappa shape index (κ3) is 4.21. The Morgan fingerprint density at radius 1 is 1.00 bits per heavy atom. The number of likely N-dealkylation sites (tertiary alicyclic amines) is 1. The van der Waals surface area contributed by atoms with E-state index in [1.807, 2.05) is 35.2 Å². The normalized spacial score (nSPS) is 14.7. The first-order valence-corrected chi connectivity index (χ1v) is 11.2. The molecule has 1 fully saturated rings. The predicted octanol–water partition coefficient (Wildman–Crippen LogP) is 4.69. The second-order valence-corrected chi connectivity index (χ2v) is 8.50. The average Bonchev–Trinajstić information content (AvgIpc) is 3.29. The molecule has 0 bridgehead atoms. The largest absolute Gasteiger partial charge is 0.383 e. The van der Waals surface area contributed by atoms with Crippen molar-refractivity contribution in [3.05, 3.63) is 78.0 Å². The number of amides is 1. The number of carbonyl (C=O) groups excluding carboxylic acids is 1. The number of hydrogen-bond donors (Lipinski definition) is 2. The van der Waals surface area contributed by atoms with Gasteiger partial charge in [0.15, 0.2) is 5.82 Å². The van der Waals surface area contributed by atoms with E-state index in [4.69, 9.17) is 5.73 Å². The fourth-order valence-corrected chi connectivity index (χ4v) is 4.47. The number of aromatic amines is 1. The monoisotopic (exact) mass is 425 g/mol. The highest BCUT2D eigenvalue weighted by Gasteiger charge is 2.25. The average molecular weight is 426 g/mol. The zero-order chi connectivity index (χ0) is 21.9. The minimum absolute atomic E-state index is 0.00479. The van der Waals surface area contributed by atoms with Gasteiger partial charge in [-0.05, 0) is 43.2 Å². The molecule has 6 heteroatoms. The van der Waals surface area contributed by atoms with Gasteiger partial charge in [0.1, 0.15) is 17.2 Å². The van der Waals surface area contributed by atoms with Gasteiger partial charge in [-0.1, -0.05) is 60.7 Å². The van der Waals surface area contributed by atoms with Crippen LogP contribution in [0.1, 0.15) is 35.3 Å². The number of H-pyrrole nitrogens is 1. The Morgan fingerprint density at radius 2 is 1.69 bits per heavy atom. The SMILES string of the molecule is Nc1nc(-c2ccccc2)nc2[nH]c(C(=O)N3CCC(CCc4ccccc4)CC3)cc12. The topological polar surface area (TPSA) is 87.9 Å². The van der Waals surface area contributed by atoms with Crippen molar-refractivity contribution in [3.8, 4) is 11.4 Å². The summed E-state index contributed by atoms with van der Waals surface area (Å²) in [6, 6.07) is 22.1. The lowest BCUT2D eigenvalue weighted by Crippen LogP contribution is -2.38. The van der Waals surface area contributed by atoms with Crippen molar-refractivity contribution in [1.29, 1.82) is 0 Å². The van der Waals surface area contributed by atoms with Gasteiger partial charge in [-0.15, -0.1) is 0 Å². The Hall–Kier alpha value is -3.67. The van der Waals surface area contributed by atoms with E-state index in [0.29, 0.717) is 34.3 Å². The number of nitrogens with zero attached hydrogens (tertiary/aromatic N) is 3. The molecule has 0 aliphatic carbocycles. The first-order valence-electron chi connectivity index (χ1n) is 11.2. The van der Waals surface area contributed by atoms with Gasteiger partial charge >= 0.3 is 0 Å². The highest BCUT2D eigenvalue weighted by atomic mass is 16.2. The summed E-state index contributed by atoms with van der Waals surface area (Å²) in [5, 5.41) is 0.686. The molecule has 0 radical (unpaired) electrons. The summed E-state index contributed by atoms with van der Waals surface area (Å²) in [4.78, 5) is 27.3. The van der Waals surface area contributed by atoms with E-state index in [9.17, 15) is 4.79 Å². The fraction of sp³-hybridized carbons (Fsp3) is 0.269.